The molecule has 3 aromatic rings. The highest BCUT2D eigenvalue weighted by Crippen LogP contribution is 2.37. The Kier molecular flexibility index (Phi) is 4.39. The lowest BCUT2D eigenvalue weighted by molar-refractivity contribution is 0.0511. The number of rotatable bonds is 5. The minimum atomic E-state index is 0.0288. The van der Waals surface area contributed by atoms with Gasteiger partial charge in [-0.2, -0.15) is 0 Å². The molecule has 0 unspecified atom stereocenters. The number of halogens is 1. The van der Waals surface area contributed by atoms with Crippen molar-refractivity contribution in [3.05, 3.63) is 59.1 Å². The number of aliphatic hydroxyl groups is 1. The summed E-state index contributed by atoms with van der Waals surface area (Å²) < 4.78 is 8.74. The predicted octanol–water partition coefficient (Wildman–Crippen LogP) is 4.04. The first-order valence-electron chi connectivity index (χ1n) is 6.83. The standard InChI is InChI=1S/C17H16BrNO2/c18-16-14-8-4-5-9-15(14)19(12-21-11-10-20)17(16)13-6-2-1-3-7-13/h1-9,20H,10-12H2. The van der Waals surface area contributed by atoms with Crippen LogP contribution in [0.3, 0.4) is 0 Å². The van der Waals surface area contributed by atoms with E-state index in [-0.39, 0.29) is 6.61 Å². The molecule has 0 radical (unpaired) electrons. The third kappa shape index (κ3) is 2.75. The molecule has 4 heteroatoms. The summed E-state index contributed by atoms with van der Waals surface area (Å²) in [5.74, 6) is 0. The number of ether oxygens (including phenoxy) is 1. The van der Waals surface area contributed by atoms with Gasteiger partial charge in [0, 0.05) is 5.39 Å². The fourth-order valence-corrected chi connectivity index (χ4v) is 3.27. The summed E-state index contributed by atoms with van der Waals surface area (Å²) >= 11 is 3.72. The summed E-state index contributed by atoms with van der Waals surface area (Å²) in [5.41, 5.74) is 3.34. The predicted molar refractivity (Wildman–Crippen MR) is 88.1 cm³/mol. The molecule has 0 aliphatic carbocycles. The molecule has 0 spiro atoms. The summed E-state index contributed by atoms with van der Waals surface area (Å²) in [4.78, 5) is 0. The topological polar surface area (TPSA) is 34.4 Å². The van der Waals surface area contributed by atoms with Gasteiger partial charge in [-0.3, -0.25) is 0 Å². The van der Waals surface area contributed by atoms with Gasteiger partial charge in [0.25, 0.3) is 0 Å². The first-order chi connectivity index (χ1) is 10.3. The molecule has 0 saturated carbocycles. The van der Waals surface area contributed by atoms with Crippen LogP contribution in [-0.4, -0.2) is 22.9 Å². The summed E-state index contributed by atoms with van der Waals surface area (Å²) in [6.07, 6.45) is 0. The van der Waals surface area contributed by atoms with E-state index in [2.05, 4.69) is 44.8 Å². The average Bonchev–Trinajstić information content (AvgIpc) is 2.82. The third-order valence-electron chi connectivity index (χ3n) is 3.41. The highest BCUT2D eigenvalue weighted by molar-refractivity contribution is 9.10. The first kappa shape index (κ1) is 14.3. The Morgan fingerprint density at radius 1 is 1.00 bits per heavy atom. The van der Waals surface area contributed by atoms with E-state index < -0.39 is 0 Å². The van der Waals surface area contributed by atoms with Crippen molar-refractivity contribution in [2.45, 2.75) is 6.73 Å². The van der Waals surface area contributed by atoms with Crippen molar-refractivity contribution in [3.63, 3.8) is 0 Å². The van der Waals surface area contributed by atoms with Gasteiger partial charge in [-0.1, -0.05) is 48.5 Å². The molecule has 3 nitrogen and oxygen atoms in total. The number of hydrogen-bond acceptors (Lipinski definition) is 2. The van der Waals surface area contributed by atoms with Gasteiger partial charge in [-0.05, 0) is 27.6 Å². The molecule has 0 atom stereocenters. The van der Waals surface area contributed by atoms with Crippen molar-refractivity contribution in [2.24, 2.45) is 0 Å². The van der Waals surface area contributed by atoms with Crippen LogP contribution in [0.2, 0.25) is 0 Å². The van der Waals surface area contributed by atoms with Crippen LogP contribution in [0.1, 0.15) is 0 Å². The second-order valence-electron chi connectivity index (χ2n) is 4.73. The summed E-state index contributed by atoms with van der Waals surface area (Å²) in [6, 6.07) is 18.4. The third-order valence-corrected chi connectivity index (χ3v) is 4.22. The summed E-state index contributed by atoms with van der Waals surface area (Å²) in [6.45, 7) is 0.774. The van der Waals surface area contributed by atoms with Crippen molar-refractivity contribution in [1.82, 2.24) is 4.57 Å². The largest absolute Gasteiger partial charge is 0.394 e. The van der Waals surface area contributed by atoms with Crippen LogP contribution < -0.4 is 0 Å². The Balaban J connectivity index is 2.16. The van der Waals surface area contributed by atoms with Crippen LogP contribution >= 0.6 is 15.9 Å². The number of hydrogen-bond donors (Lipinski definition) is 1. The zero-order chi connectivity index (χ0) is 14.7. The number of fused-ring (bicyclic) bond motifs is 1. The monoisotopic (exact) mass is 345 g/mol. The fraction of sp³-hybridized carbons (Fsp3) is 0.176. The number of para-hydroxylation sites is 1. The lowest BCUT2D eigenvalue weighted by Gasteiger charge is -2.11. The van der Waals surface area contributed by atoms with Gasteiger partial charge in [-0.15, -0.1) is 0 Å². The highest BCUT2D eigenvalue weighted by Gasteiger charge is 2.16. The summed E-state index contributed by atoms with van der Waals surface area (Å²) in [5, 5.41) is 10.1. The number of aliphatic hydroxyl groups excluding tert-OH is 1. The molecule has 0 aliphatic heterocycles. The minimum absolute atomic E-state index is 0.0288. The Morgan fingerprint density at radius 2 is 1.71 bits per heavy atom. The maximum Gasteiger partial charge on any atom is 0.123 e. The van der Waals surface area contributed by atoms with Crippen LogP contribution in [0.15, 0.2) is 59.1 Å². The molecule has 1 N–H and O–H groups in total. The van der Waals surface area contributed by atoms with E-state index in [1.165, 1.54) is 0 Å². The van der Waals surface area contributed by atoms with E-state index in [4.69, 9.17) is 9.84 Å². The molecule has 1 heterocycles. The second-order valence-corrected chi connectivity index (χ2v) is 5.53. The van der Waals surface area contributed by atoms with Crippen molar-refractivity contribution in [2.75, 3.05) is 13.2 Å². The molecule has 0 aliphatic rings. The molecule has 108 valence electrons. The number of benzene rings is 2. The molecule has 0 fully saturated rings. The van der Waals surface area contributed by atoms with Gasteiger partial charge in [0.1, 0.15) is 6.73 Å². The zero-order valence-corrected chi connectivity index (χ0v) is 13.1. The Labute approximate surface area is 131 Å². The number of nitrogens with zero attached hydrogens (tertiary/aromatic N) is 1. The van der Waals surface area contributed by atoms with E-state index in [0.29, 0.717) is 13.3 Å². The van der Waals surface area contributed by atoms with Crippen molar-refractivity contribution in [3.8, 4) is 11.3 Å². The van der Waals surface area contributed by atoms with Crippen LogP contribution in [0, 0.1) is 0 Å². The van der Waals surface area contributed by atoms with E-state index in [0.717, 1.165) is 26.6 Å². The quantitative estimate of drug-likeness (QED) is 0.708. The first-order valence-corrected chi connectivity index (χ1v) is 7.63. The molecule has 0 bridgehead atoms. The molecule has 0 saturated heterocycles. The molecule has 21 heavy (non-hydrogen) atoms. The van der Waals surface area contributed by atoms with Gasteiger partial charge in [0.2, 0.25) is 0 Å². The van der Waals surface area contributed by atoms with Crippen molar-refractivity contribution in [1.29, 1.82) is 0 Å². The number of aromatic nitrogens is 1. The zero-order valence-electron chi connectivity index (χ0n) is 11.5. The SMILES string of the molecule is OCCOCn1c(-c2ccccc2)c(Br)c2ccccc21. The minimum Gasteiger partial charge on any atom is -0.394 e. The van der Waals surface area contributed by atoms with Crippen molar-refractivity contribution < 1.29 is 9.84 Å². The lowest BCUT2D eigenvalue weighted by Crippen LogP contribution is -2.07. The van der Waals surface area contributed by atoms with E-state index in [9.17, 15) is 0 Å². The fourth-order valence-electron chi connectivity index (χ4n) is 2.49. The Morgan fingerprint density at radius 3 is 2.48 bits per heavy atom. The van der Waals surface area contributed by atoms with Gasteiger partial charge >= 0.3 is 0 Å². The van der Waals surface area contributed by atoms with Crippen molar-refractivity contribution >= 4 is 26.8 Å². The van der Waals surface area contributed by atoms with E-state index in [1.807, 2.05) is 30.3 Å². The van der Waals surface area contributed by atoms with Crippen LogP contribution in [-0.2, 0) is 11.5 Å². The average molecular weight is 346 g/mol. The van der Waals surface area contributed by atoms with Crippen LogP contribution in [0.25, 0.3) is 22.2 Å². The van der Waals surface area contributed by atoms with Gasteiger partial charge in [-0.25, -0.2) is 0 Å². The van der Waals surface area contributed by atoms with Gasteiger partial charge in [0.15, 0.2) is 0 Å². The highest BCUT2D eigenvalue weighted by atomic mass is 79.9. The molecular weight excluding hydrogens is 330 g/mol. The summed E-state index contributed by atoms with van der Waals surface area (Å²) in [7, 11) is 0. The smallest absolute Gasteiger partial charge is 0.123 e. The van der Waals surface area contributed by atoms with Gasteiger partial charge < -0.3 is 14.4 Å². The molecule has 2 aromatic carbocycles. The Bertz CT molecular complexity index is 737. The van der Waals surface area contributed by atoms with Crippen LogP contribution in [0.5, 0.6) is 0 Å². The van der Waals surface area contributed by atoms with E-state index >= 15 is 0 Å². The normalized spacial score (nSPS) is 11.1. The lowest BCUT2D eigenvalue weighted by atomic mass is 10.1. The molecule has 3 rings (SSSR count). The maximum absolute atomic E-state index is 8.91. The van der Waals surface area contributed by atoms with Crippen LogP contribution in [0.4, 0.5) is 0 Å². The molecular formula is C17H16BrNO2. The molecule has 0 amide bonds. The van der Waals surface area contributed by atoms with E-state index in [1.54, 1.807) is 0 Å². The second kappa shape index (κ2) is 6.43. The van der Waals surface area contributed by atoms with Gasteiger partial charge in [0.05, 0.1) is 28.9 Å². The Hall–Kier alpha value is -1.62. The maximum atomic E-state index is 8.91. The molecule has 1 aromatic heterocycles.